The number of carbonyl (C=O) groups excluding carboxylic acids is 1. The number of nitrogens with one attached hydrogen (secondary N) is 2. The number of carbonyl (C=O) groups is 1. The molecule has 1 aliphatic rings. The van der Waals surface area contributed by atoms with Gasteiger partial charge in [0.2, 0.25) is 5.88 Å². The molecule has 0 saturated heterocycles. The van der Waals surface area contributed by atoms with E-state index < -0.39 is 18.1 Å². The number of para-hydroxylation sites is 1. The second-order valence-corrected chi connectivity index (χ2v) is 5.11. The van der Waals surface area contributed by atoms with Crippen molar-refractivity contribution in [3.63, 3.8) is 0 Å². The molecule has 0 saturated carbocycles. The maximum Gasteiger partial charge on any atom is 0.586 e. The minimum absolute atomic E-state index is 0.254. The number of halogens is 2. The maximum atomic E-state index is 12.8. The maximum absolute atomic E-state index is 12.8. The number of hydrogen-bond donors (Lipinski definition) is 3. The second kappa shape index (κ2) is 6.63. The van der Waals surface area contributed by atoms with Crippen LogP contribution < -0.4 is 16.4 Å². The number of benzene rings is 1. The van der Waals surface area contributed by atoms with Crippen molar-refractivity contribution in [2.75, 3.05) is 11.1 Å². The molecule has 7 nitrogen and oxygen atoms in total. The van der Waals surface area contributed by atoms with Crippen molar-refractivity contribution in [3.05, 3.63) is 65.9 Å². The molecule has 0 radical (unpaired) electrons. The highest BCUT2D eigenvalue weighted by Gasteiger charge is 2.41. The highest BCUT2D eigenvalue weighted by molar-refractivity contribution is 6.00. The molecule has 1 aromatic heterocycles. The summed E-state index contributed by atoms with van der Waals surface area (Å²) in [5.74, 6) is -0.701. The summed E-state index contributed by atoms with van der Waals surface area (Å²) >= 11 is 0. The third-order valence-electron chi connectivity index (χ3n) is 3.27. The number of rotatable bonds is 5. The third kappa shape index (κ3) is 4.14. The average molecular weight is 348 g/mol. The van der Waals surface area contributed by atoms with Crippen LogP contribution in [0, 0.1) is 0 Å². The zero-order valence-electron chi connectivity index (χ0n) is 12.8. The summed E-state index contributed by atoms with van der Waals surface area (Å²) in [6.45, 7) is 0.400. The summed E-state index contributed by atoms with van der Waals surface area (Å²) in [7, 11) is 0. The molecule has 1 aromatic carbocycles. The summed E-state index contributed by atoms with van der Waals surface area (Å²) in [6, 6.07) is 10.1. The van der Waals surface area contributed by atoms with Crippen LogP contribution in [0.15, 0.2) is 54.7 Å². The average Bonchev–Trinajstić information content (AvgIpc) is 2.92. The van der Waals surface area contributed by atoms with Crippen LogP contribution in [0.25, 0.3) is 0 Å². The number of hydrogen-bond acceptors (Lipinski definition) is 6. The summed E-state index contributed by atoms with van der Waals surface area (Å²) in [5.41, 5.74) is 7.26. The Morgan fingerprint density at radius 1 is 1.28 bits per heavy atom. The molecule has 0 bridgehead atoms. The van der Waals surface area contributed by atoms with Gasteiger partial charge in [-0.15, -0.1) is 8.78 Å². The van der Waals surface area contributed by atoms with Gasteiger partial charge in [0.05, 0.1) is 5.56 Å². The zero-order valence-corrected chi connectivity index (χ0v) is 12.8. The van der Waals surface area contributed by atoms with E-state index in [1.807, 2.05) is 0 Å². The quantitative estimate of drug-likeness (QED) is 0.767. The van der Waals surface area contributed by atoms with Gasteiger partial charge in [0, 0.05) is 18.4 Å². The van der Waals surface area contributed by atoms with Crippen LogP contribution in [-0.4, -0.2) is 17.2 Å². The van der Waals surface area contributed by atoms with Gasteiger partial charge in [0.25, 0.3) is 5.91 Å². The fourth-order valence-electron chi connectivity index (χ4n) is 2.17. The Balaban J connectivity index is 1.69. The summed E-state index contributed by atoms with van der Waals surface area (Å²) < 4.78 is 33.7. The lowest BCUT2D eigenvalue weighted by molar-refractivity contribution is -0.334. The first-order valence-electron chi connectivity index (χ1n) is 7.22. The van der Waals surface area contributed by atoms with Crippen LogP contribution in [-0.2, 0) is 16.0 Å². The lowest BCUT2D eigenvalue weighted by atomic mass is 10.1. The molecule has 0 unspecified atom stereocenters. The Bertz CT molecular complexity index is 827. The molecule has 130 valence electrons. The van der Waals surface area contributed by atoms with Gasteiger partial charge in [0.15, 0.2) is 6.26 Å². The standard InChI is InChI=1S/C16H14F2N4O3/c17-16(18)24-9-14(25-16)22-15(23)11-3-1-2-4-12(11)21-8-10-5-6-20-13(19)7-10/h1-7,9,21H,8H2,(H2,19,20)(H,22,23). The van der Waals surface area contributed by atoms with Crippen molar-refractivity contribution in [1.82, 2.24) is 10.3 Å². The molecule has 1 aliphatic heterocycles. The SMILES string of the molecule is Nc1cc(CNc2ccccc2C(=O)NC2=COC(F)(F)O2)ccn1. The second-order valence-electron chi connectivity index (χ2n) is 5.11. The molecule has 0 atom stereocenters. The van der Waals surface area contributed by atoms with E-state index in [1.54, 1.807) is 42.6 Å². The zero-order chi connectivity index (χ0) is 17.9. The van der Waals surface area contributed by atoms with E-state index in [2.05, 4.69) is 25.1 Å². The van der Waals surface area contributed by atoms with Gasteiger partial charge >= 0.3 is 6.29 Å². The lowest BCUT2D eigenvalue weighted by Gasteiger charge is -2.13. The minimum Gasteiger partial charge on any atom is -0.402 e. The van der Waals surface area contributed by atoms with Crippen LogP contribution in [0.2, 0.25) is 0 Å². The molecule has 9 heteroatoms. The van der Waals surface area contributed by atoms with E-state index in [0.29, 0.717) is 24.3 Å². The predicted molar refractivity (Wildman–Crippen MR) is 85.1 cm³/mol. The fourth-order valence-corrected chi connectivity index (χ4v) is 2.17. The summed E-state index contributed by atoms with van der Waals surface area (Å²) in [6.07, 6.45) is -1.55. The van der Waals surface area contributed by atoms with Gasteiger partial charge in [0.1, 0.15) is 5.82 Å². The van der Waals surface area contributed by atoms with Gasteiger partial charge in [-0.2, -0.15) is 0 Å². The molecule has 0 fully saturated rings. The summed E-state index contributed by atoms with van der Waals surface area (Å²) in [4.78, 5) is 16.2. The molecule has 2 aromatic rings. The molecule has 0 aliphatic carbocycles. The van der Waals surface area contributed by atoms with Crippen molar-refractivity contribution in [1.29, 1.82) is 0 Å². The highest BCUT2D eigenvalue weighted by Crippen LogP contribution is 2.27. The number of amides is 1. The molecular formula is C16H14F2N4O3. The van der Waals surface area contributed by atoms with Crippen LogP contribution in [0.4, 0.5) is 20.3 Å². The number of anilines is 2. The Morgan fingerprint density at radius 2 is 2.08 bits per heavy atom. The Hall–Kier alpha value is -3.36. The first-order valence-corrected chi connectivity index (χ1v) is 7.22. The van der Waals surface area contributed by atoms with E-state index in [4.69, 9.17) is 5.73 Å². The Morgan fingerprint density at radius 3 is 2.80 bits per heavy atom. The molecule has 25 heavy (non-hydrogen) atoms. The number of nitrogen functional groups attached to an aromatic ring is 1. The van der Waals surface area contributed by atoms with Gasteiger partial charge in [-0.25, -0.2) is 4.98 Å². The molecule has 4 N–H and O–H groups in total. The highest BCUT2D eigenvalue weighted by atomic mass is 19.3. The van der Waals surface area contributed by atoms with E-state index in [-0.39, 0.29) is 5.56 Å². The predicted octanol–water partition coefficient (Wildman–Crippen LogP) is 2.40. The largest absolute Gasteiger partial charge is 0.586 e. The molecule has 1 amide bonds. The topological polar surface area (TPSA) is 98.5 Å². The molecule has 2 heterocycles. The van der Waals surface area contributed by atoms with Crippen LogP contribution in [0.1, 0.15) is 15.9 Å². The Kier molecular flexibility index (Phi) is 4.38. The van der Waals surface area contributed by atoms with E-state index in [1.165, 1.54) is 0 Å². The third-order valence-corrected chi connectivity index (χ3v) is 3.27. The normalized spacial score (nSPS) is 14.9. The van der Waals surface area contributed by atoms with Crippen molar-refractivity contribution in [2.24, 2.45) is 0 Å². The first kappa shape index (κ1) is 16.5. The van der Waals surface area contributed by atoms with E-state index in [0.717, 1.165) is 5.56 Å². The van der Waals surface area contributed by atoms with Crippen molar-refractivity contribution >= 4 is 17.4 Å². The first-order chi connectivity index (χ1) is 11.9. The molecule has 3 rings (SSSR count). The number of nitrogens with two attached hydrogens (primary N) is 1. The number of pyridine rings is 1. The monoisotopic (exact) mass is 348 g/mol. The molecular weight excluding hydrogens is 334 g/mol. The number of aromatic nitrogens is 1. The lowest BCUT2D eigenvalue weighted by Crippen LogP contribution is -2.27. The van der Waals surface area contributed by atoms with Crippen LogP contribution in [0.3, 0.4) is 0 Å². The van der Waals surface area contributed by atoms with Gasteiger partial charge < -0.3 is 20.5 Å². The van der Waals surface area contributed by atoms with Crippen molar-refractivity contribution < 1.29 is 23.0 Å². The van der Waals surface area contributed by atoms with E-state index in [9.17, 15) is 13.6 Å². The van der Waals surface area contributed by atoms with E-state index >= 15 is 0 Å². The van der Waals surface area contributed by atoms with Gasteiger partial charge in [-0.05, 0) is 29.8 Å². The number of alkyl halides is 2. The van der Waals surface area contributed by atoms with Crippen LogP contribution in [0.5, 0.6) is 0 Å². The number of nitrogens with zero attached hydrogens (tertiary/aromatic N) is 1. The van der Waals surface area contributed by atoms with Gasteiger partial charge in [-0.3, -0.25) is 10.1 Å². The van der Waals surface area contributed by atoms with Crippen LogP contribution >= 0.6 is 0 Å². The number of ether oxygens (including phenoxy) is 2. The van der Waals surface area contributed by atoms with Gasteiger partial charge in [-0.1, -0.05) is 12.1 Å². The van der Waals surface area contributed by atoms with Crippen molar-refractivity contribution in [3.8, 4) is 0 Å². The Labute approximate surface area is 141 Å². The molecule has 0 spiro atoms. The fraction of sp³-hybridized carbons (Fsp3) is 0.125. The minimum atomic E-state index is -3.78. The summed E-state index contributed by atoms with van der Waals surface area (Å²) in [5, 5.41) is 5.32. The van der Waals surface area contributed by atoms with Crippen molar-refractivity contribution in [2.45, 2.75) is 12.8 Å². The smallest absolute Gasteiger partial charge is 0.402 e.